The van der Waals surface area contributed by atoms with Crippen LogP contribution in [0.2, 0.25) is 0 Å². The van der Waals surface area contributed by atoms with Gasteiger partial charge in [-0.3, -0.25) is 14.7 Å². The van der Waals surface area contributed by atoms with E-state index in [2.05, 4.69) is 10.3 Å². The summed E-state index contributed by atoms with van der Waals surface area (Å²) in [6, 6.07) is 3.64. The van der Waals surface area contributed by atoms with E-state index in [1.54, 1.807) is 24.3 Å². The van der Waals surface area contributed by atoms with Crippen LogP contribution in [0.5, 0.6) is 0 Å². The van der Waals surface area contributed by atoms with Gasteiger partial charge in [0.2, 0.25) is 5.91 Å². The summed E-state index contributed by atoms with van der Waals surface area (Å²) >= 11 is 0. The summed E-state index contributed by atoms with van der Waals surface area (Å²) < 4.78 is 35.7. The van der Waals surface area contributed by atoms with Crippen molar-refractivity contribution >= 4 is 5.91 Å². The first-order valence-corrected chi connectivity index (χ1v) is 5.78. The molecule has 0 saturated carbocycles. The maximum Gasteiger partial charge on any atom is 0.390 e. The number of nitrogens with one attached hydrogen (secondary N) is 1. The van der Waals surface area contributed by atoms with Gasteiger partial charge in [-0.25, -0.2) is 0 Å². The molecule has 1 aromatic rings. The number of rotatable bonds is 6. The quantitative estimate of drug-likeness (QED) is 0.857. The summed E-state index contributed by atoms with van der Waals surface area (Å²) in [5, 5.41) is 2.24. The molecule has 0 unspecified atom stereocenters. The Bertz CT molecular complexity index is 395. The number of halogens is 3. The van der Waals surface area contributed by atoms with Gasteiger partial charge >= 0.3 is 6.18 Å². The zero-order valence-electron chi connectivity index (χ0n) is 10.6. The molecule has 0 aliphatic heterocycles. The third-order valence-corrected chi connectivity index (χ3v) is 2.35. The molecule has 0 bridgehead atoms. The standard InChI is InChI=1S/C12H16F3N3O/c1-18(8-10-2-5-16-6-3-10)9-11(19)17-7-4-12(13,14)15/h2-3,5-6H,4,7-9H2,1H3,(H,17,19). The van der Waals surface area contributed by atoms with E-state index in [1.165, 1.54) is 0 Å². The Morgan fingerprint density at radius 2 is 2.00 bits per heavy atom. The normalized spacial score (nSPS) is 11.6. The summed E-state index contributed by atoms with van der Waals surface area (Å²) in [5.41, 5.74) is 0.987. The minimum absolute atomic E-state index is 0.0557. The molecule has 1 aromatic heterocycles. The van der Waals surface area contributed by atoms with Crippen LogP contribution in [-0.4, -0.2) is 42.1 Å². The van der Waals surface area contributed by atoms with Gasteiger partial charge in [0.15, 0.2) is 0 Å². The second kappa shape index (κ2) is 7.08. The Kier molecular flexibility index (Phi) is 5.75. The van der Waals surface area contributed by atoms with Crippen LogP contribution in [0, 0.1) is 0 Å². The Balaban J connectivity index is 2.25. The number of likely N-dealkylation sites (N-methyl/N-ethyl adjacent to an activating group) is 1. The maximum absolute atomic E-state index is 11.9. The zero-order chi connectivity index (χ0) is 14.3. The highest BCUT2D eigenvalue weighted by Crippen LogP contribution is 2.18. The minimum atomic E-state index is -4.24. The molecule has 0 spiro atoms. The molecule has 0 saturated heterocycles. The fourth-order valence-corrected chi connectivity index (χ4v) is 1.50. The lowest BCUT2D eigenvalue weighted by Crippen LogP contribution is -2.36. The number of pyridine rings is 1. The van der Waals surface area contributed by atoms with Gasteiger partial charge in [0, 0.05) is 25.5 Å². The van der Waals surface area contributed by atoms with Gasteiger partial charge < -0.3 is 5.32 Å². The Morgan fingerprint density at radius 1 is 1.37 bits per heavy atom. The van der Waals surface area contributed by atoms with E-state index in [0.717, 1.165) is 5.56 Å². The van der Waals surface area contributed by atoms with Crippen molar-refractivity contribution < 1.29 is 18.0 Å². The molecule has 0 fully saturated rings. The Morgan fingerprint density at radius 3 is 2.58 bits per heavy atom. The van der Waals surface area contributed by atoms with E-state index < -0.39 is 18.5 Å². The molecule has 1 rings (SSSR count). The molecular weight excluding hydrogens is 259 g/mol. The van der Waals surface area contributed by atoms with Gasteiger partial charge in [-0.2, -0.15) is 13.2 Å². The molecule has 0 atom stereocenters. The SMILES string of the molecule is CN(CC(=O)NCCC(F)(F)F)Cc1ccncc1. The number of amides is 1. The van der Waals surface area contributed by atoms with Crippen molar-refractivity contribution in [2.45, 2.75) is 19.1 Å². The molecule has 0 aliphatic carbocycles. The van der Waals surface area contributed by atoms with E-state index in [0.29, 0.717) is 6.54 Å². The average Bonchev–Trinajstić information content (AvgIpc) is 2.28. The van der Waals surface area contributed by atoms with Gasteiger partial charge in [0.1, 0.15) is 0 Å². The largest absolute Gasteiger partial charge is 0.390 e. The van der Waals surface area contributed by atoms with Gasteiger partial charge in [-0.1, -0.05) is 0 Å². The van der Waals surface area contributed by atoms with E-state index in [9.17, 15) is 18.0 Å². The van der Waals surface area contributed by atoms with E-state index in [4.69, 9.17) is 0 Å². The predicted octanol–water partition coefficient (Wildman–Crippen LogP) is 1.58. The lowest BCUT2D eigenvalue weighted by molar-refractivity contribution is -0.135. The highest BCUT2D eigenvalue weighted by molar-refractivity contribution is 5.77. The van der Waals surface area contributed by atoms with Crippen molar-refractivity contribution in [2.24, 2.45) is 0 Å². The Labute approximate surface area is 109 Å². The molecule has 1 amide bonds. The fourth-order valence-electron chi connectivity index (χ4n) is 1.50. The lowest BCUT2D eigenvalue weighted by atomic mass is 10.2. The van der Waals surface area contributed by atoms with Crippen molar-refractivity contribution in [3.05, 3.63) is 30.1 Å². The minimum Gasteiger partial charge on any atom is -0.355 e. The van der Waals surface area contributed by atoms with E-state index in [-0.39, 0.29) is 13.1 Å². The molecule has 7 heteroatoms. The number of carbonyl (C=O) groups excluding carboxylic acids is 1. The summed E-state index contributed by atoms with van der Waals surface area (Å²) in [5.74, 6) is -0.416. The topological polar surface area (TPSA) is 45.2 Å². The summed E-state index contributed by atoms with van der Waals surface area (Å²) in [6.45, 7) is 0.209. The molecule has 1 heterocycles. The molecule has 1 N–H and O–H groups in total. The van der Waals surface area contributed by atoms with Crippen LogP contribution in [0.1, 0.15) is 12.0 Å². The van der Waals surface area contributed by atoms with Crippen LogP contribution >= 0.6 is 0 Å². The number of aromatic nitrogens is 1. The van der Waals surface area contributed by atoms with Crippen molar-refractivity contribution in [3.63, 3.8) is 0 Å². The molecule has 0 aliphatic rings. The first-order valence-electron chi connectivity index (χ1n) is 5.78. The van der Waals surface area contributed by atoms with Crippen LogP contribution in [0.15, 0.2) is 24.5 Å². The molecule has 0 aromatic carbocycles. The molecule has 19 heavy (non-hydrogen) atoms. The van der Waals surface area contributed by atoms with Crippen LogP contribution in [0.3, 0.4) is 0 Å². The second-order valence-electron chi connectivity index (χ2n) is 4.24. The van der Waals surface area contributed by atoms with Crippen LogP contribution in [0.4, 0.5) is 13.2 Å². The highest BCUT2D eigenvalue weighted by atomic mass is 19.4. The van der Waals surface area contributed by atoms with E-state index >= 15 is 0 Å². The second-order valence-corrected chi connectivity index (χ2v) is 4.24. The molecule has 4 nitrogen and oxygen atoms in total. The van der Waals surface area contributed by atoms with Crippen molar-refractivity contribution in [1.82, 2.24) is 15.2 Å². The number of hydrogen-bond acceptors (Lipinski definition) is 3. The van der Waals surface area contributed by atoms with Gasteiger partial charge in [-0.15, -0.1) is 0 Å². The fraction of sp³-hybridized carbons (Fsp3) is 0.500. The third kappa shape index (κ3) is 7.40. The van der Waals surface area contributed by atoms with Crippen molar-refractivity contribution in [3.8, 4) is 0 Å². The first kappa shape index (κ1) is 15.4. The number of nitrogens with zero attached hydrogens (tertiary/aromatic N) is 2. The predicted molar refractivity (Wildman–Crippen MR) is 64.3 cm³/mol. The zero-order valence-corrected chi connectivity index (χ0v) is 10.6. The van der Waals surface area contributed by atoms with Crippen molar-refractivity contribution in [1.29, 1.82) is 0 Å². The molecule has 0 radical (unpaired) electrons. The Hall–Kier alpha value is -1.63. The summed E-state index contributed by atoms with van der Waals surface area (Å²) in [7, 11) is 1.73. The summed E-state index contributed by atoms with van der Waals surface area (Å²) in [4.78, 5) is 17.0. The third-order valence-electron chi connectivity index (χ3n) is 2.35. The maximum atomic E-state index is 11.9. The van der Waals surface area contributed by atoms with Crippen LogP contribution in [0.25, 0.3) is 0 Å². The first-order chi connectivity index (χ1) is 8.87. The van der Waals surface area contributed by atoms with Crippen LogP contribution < -0.4 is 5.32 Å². The number of carbonyl (C=O) groups is 1. The smallest absolute Gasteiger partial charge is 0.355 e. The molecule has 106 valence electrons. The number of hydrogen-bond donors (Lipinski definition) is 1. The highest BCUT2D eigenvalue weighted by Gasteiger charge is 2.26. The average molecular weight is 275 g/mol. The summed E-state index contributed by atoms with van der Waals surface area (Å²) in [6.07, 6.45) is -1.96. The van der Waals surface area contributed by atoms with Crippen molar-refractivity contribution in [2.75, 3.05) is 20.1 Å². The lowest BCUT2D eigenvalue weighted by Gasteiger charge is -2.16. The van der Waals surface area contributed by atoms with Crippen LogP contribution in [-0.2, 0) is 11.3 Å². The van der Waals surface area contributed by atoms with Gasteiger partial charge in [0.05, 0.1) is 13.0 Å². The van der Waals surface area contributed by atoms with Gasteiger partial charge in [0.25, 0.3) is 0 Å². The van der Waals surface area contributed by atoms with Gasteiger partial charge in [-0.05, 0) is 24.7 Å². The number of alkyl halides is 3. The monoisotopic (exact) mass is 275 g/mol. The van der Waals surface area contributed by atoms with E-state index in [1.807, 2.05) is 12.1 Å². The molecular formula is C12H16F3N3O.